The minimum atomic E-state index is -6.08. The Morgan fingerprint density at radius 1 is 1.15 bits per heavy atom. The molecular weight excluding hydrogens is 399 g/mol. The average molecular weight is 411 g/mol. The molecule has 12 heteroatoms. The molecule has 1 atom stereocenters. The molecule has 1 heterocycles. The molecule has 0 spiro atoms. The predicted octanol–water partition coefficient (Wildman–Crippen LogP) is 1.75. The Morgan fingerprint density at radius 2 is 1.81 bits per heavy atom. The van der Waals surface area contributed by atoms with Crippen molar-refractivity contribution in [2.75, 3.05) is 13.2 Å². The smallest absolute Gasteiger partial charge is 0.490 e. The lowest BCUT2D eigenvalue weighted by Gasteiger charge is -2.13. The zero-order valence-corrected chi connectivity index (χ0v) is 14.5. The third-order valence-corrected chi connectivity index (χ3v) is 6.68. The van der Waals surface area contributed by atoms with Crippen molar-refractivity contribution < 1.29 is 39.5 Å². The third-order valence-electron chi connectivity index (χ3n) is 3.46. The number of benzene rings is 2. The Balaban J connectivity index is 2.03. The highest BCUT2D eigenvalue weighted by molar-refractivity contribution is 8.05. The van der Waals surface area contributed by atoms with Gasteiger partial charge in [0.15, 0.2) is 0 Å². The lowest BCUT2D eigenvalue weighted by Crippen LogP contribution is -2.40. The Hall–Kier alpha value is -1.89. The average Bonchev–Trinajstić information content (AvgIpc) is 3.34. The maximum Gasteiger partial charge on any atom is 0.512 e. The molecule has 142 valence electrons. The van der Waals surface area contributed by atoms with Gasteiger partial charge in [0.2, 0.25) is 0 Å². The van der Waals surface area contributed by atoms with Crippen molar-refractivity contribution in [3.05, 3.63) is 36.4 Å². The predicted molar refractivity (Wildman–Crippen MR) is 84.5 cm³/mol. The summed E-state index contributed by atoms with van der Waals surface area (Å²) in [4.78, 5) is -0.671. The van der Waals surface area contributed by atoms with Crippen LogP contribution >= 0.6 is 0 Å². The molecule has 2 aromatic carbocycles. The summed E-state index contributed by atoms with van der Waals surface area (Å²) >= 11 is 0. The van der Waals surface area contributed by atoms with Gasteiger partial charge in [-0.15, -0.1) is 0 Å². The van der Waals surface area contributed by atoms with Crippen LogP contribution in [0, 0.1) is 0 Å². The summed E-state index contributed by atoms with van der Waals surface area (Å²) in [5.74, 6) is 0.0865. The van der Waals surface area contributed by atoms with E-state index in [-0.39, 0.29) is 18.5 Å². The molecule has 7 nitrogen and oxygen atoms in total. The van der Waals surface area contributed by atoms with E-state index in [1.165, 1.54) is 6.07 Å². The van der Waals surface area contributed by atoms with Gasteiger partial charge < -0.3 is 9.47 Å². The standard InChI is InChI=1S/C14H12F3NO6S2/c15-14(16,17)26(21,22)18-25(19,20)11-5-9-3-1-2-4-12(9)13(6-11)24-8-10-7-23-10/h1-6,10,18H,7-8H2. The number of alkyl halides is 3. The second-order valence-corrected chi connectivity index (χ2v) is 9.06. The molecule has 1 aliphatic rings. The lowest BCUT2D eigenvalue weighted by atomic mass is 10.1. The first kappa shape index (κ1) is 18.9. The molecule has 1 saturated heterocycles. The van der Waals surface area contributed by atoms with E-state index < -0.39 is 30.5 Å². The van der Waals surface area contributed by atoms with Gasteiger partial charge in [-0.05, 0) is 11.5 Å². The van der Waals surface area contributed by atoms with Gasteiger partial charge in [-0.1, -0.05) is 28.4 Å². The number of sulfonamides is 2. The van der Waals surface area contributed by atoms with Gasteiger partial charge >= 0.3 is 15.5 Å². The van der Waals surface area contributed by atoms with E-state index in [0.717, 1.165) is 12.1 Å². The van der Waals surface area contributed by atoms with Gasteiger partial charge in [0, 0.05) is 11.5 Å². The number of epoxide rings is 1. The van der Waals surface area contributed by atoms with E-state index >= 15 is 0 Å². The second kappa shape index (κ2) is 6.37. The van der Waals surface area contributed by atoms with E-state index in [2.05, 4.69) is 0 Å². The quantitative estimate of drug-likeness (QED) is 0.727. The monoisotopic (exact) mass is 411 g/mol. The molecule has 0 radical (unpaired) electrons. The van der Waals surface area contributed by atoms with E-state index in [1.54, 1.807) is 18.2 Å². The molecule has 1 aliphatic heterocycles. The summed E-state index contributed by atoms with van der Waals surface area (Å²) in [5.41, 5.74) is -5.76. The largest absolute Gasteiger partial charge is 0.512 e. The van der Waals surface area contributed by atoms with Crippen LogP contribution in [0.25, 0.3) is 10.8 Å². The number of hydrogen-bond acceptors (Lipinski definition) is 6. The summed E-state index contributed by atoms with van der Waals surface area (Å²) < 4.78 is 95.2. The second-order valence-electron chi connectivity index (χ2n) is 5.44. The molecule has 0 saturated carbocycles. The number of hydrogen-bond donors (Lipinski definition) is 1. The van der Waals surface area contributed by atoms with Crippen LogP contribution in [-0.4, -0.2) is 41.7 Å². The molecule has 1 unspecified atom stereocenters. The van der Waals surface area contributed by atoms with Crippen LogP contribution in [0.15, 0.2) is 41.3 Å². The molecule has 1 N–H and O–H groups in total. The topological polar surface area (TPSA) is 102 Å². The van der Waals surface area contributed by atoms with Crippen molar-refractivity contribution in [1.82, 2.24) is 4.13 Å². The number of halogens is 3. The van der Waals surface area contributed by atoms with Crippen molar-refractivity contribution in [3.63, 3.8) is 0 Å². The summed E-state index contributed by atoms with van der Waals surface area (Å²) in [6.45, 7) is 0.614. The summed E-state index contributed by atoms with van der Waals surface area (Å²) in [6.07, 6.45) is -0.141. The SMILES string of the molecule is O=S(=O)(NS(=O)(=O)C(F)(F)F)c1cc(OCC2CO2)c2ccccc2c1. The van der Waals surface area contributed by atoms with Crippen LogP contribution in [0.3, 0.4) is 0 Å². The molecule has 0 aromatic heterocycles. The van der Waals surface area contributed by atoms with Gasteiger partial charge in [0.05, 0.1) is 11.5 Å². The lowest BCUT2D eigenvalue weighted by molar-refractivity contribution is -0.0441. The van der Waals surface area contributed by atoms with Crippen molar-refractivity contribution in [3.8, 4) is 5.75 Å². The first-order chi connectivity index (χ1) is 12.0. The van der Waals surface area contributed by atoms with Crippen LogP contribution in [0.5, 0.6) is 5.75 Å². The van der Waals surface area contributed by atoms with Crippen LogP contribution in [0.2, 0.25) is 0 Å². The maximum absolute atomic E-state index is 12.5. The summed E-state index contributed by atoms with van der Waals surface area (Å²) in [6, 6.07) is 8.44. The first-order valence-corrected chi connectivity index (χ1v) is 10.1. The molecule has 3 rings (SSSR count). The zero-order chi connectivity index (χ0) is 19.2. The van der Waals surface area contributed by atoms with Crippen molar-refractivity contribution in [2.24, 2.45) is 0 Å². The summed E-state index contributed by atoms with van der Waals surface area (Å²) in [7, 11) is -11.1. The van der Waals surface area contributed by atoms with E-state index in [1.807, 2.05) is 0 Å². The zero-order valence-electron chi connectivity index (χ0n) is 12.9. The Kier molecular flexibility index (Phi) is 4.63. The van der Waals surface area contributed by atoms with E-state index in [4.69, 9.17) is 9.47 Å². The van der Waals surface area contributed by atoms with Gasteiger partial charge in [-0.25, -0.2) is 16.8 Å². The van der Waals surface area contributed by atoms with Crippen molar-refractivity contribution in [1.29, 1.82) is 0 Å². The van der Waals surface area contributed by atoms with Gasteiger partial charge in [-0.3, -0.25) is 0 Å². The number of nitrogens with one attached hydrogen (secondary N) is 1. The highest BCUT2D eigenvalue weighted by Gasteiger charge is 2.48. The summed E-state index contributed by atoms with van der Waals surface area (Å²) in [5, 5.41) is 0.872. The minimum absolute atomic E-state index is 0.0865. The molecule has 2 aromatic rings. The van der Waals surface area contributed by atoms with Crippen LogP contribution in [0.4, 0.5) is 13.2 Å². The number of rotatable bonds is 6. The minimum Gasteiger partial charge on any atom is -0.490 e. The normalized spacial score (nSPS) is 18.0. The van der Waals surface area contributed by atoms with Crippen LogP contribution in [0.1, 0.15) is 0 Å². The molecular formula is C14H12F3NO6S2. The molecule has 0 amide bonds. The maximum atomic E-state index is 12.5. The fraction of sp³-hybridized carbons (Fsp3) is 0.286. The highest BCUT2D eigenvalue weighted by Crippen LogP contribution is 2.31. The number of fused-ring (bicyclic) bond motifs is 1. The molecule has 0 aliphatic carbocycles. The first-order valence-electron chi connectivity index (χ1n) is 7.12. The third kappa shape index (κ3) is 3.92. The Labute approximate surface area is 146 Å². The Morgan fingerprint density at radius 3 is 2.42 bits per heavy atom. The fourth-order valence-electron chi connectivity index (χ4n) is 2.11. The molecule has 0 bridgehead atoms. The van der Waals surface area contributed by atoms with Gasteiger partial charge in [-0.2, -0.15) is 13.2 Å². The van der Waals surface area contributed by atoms with Crippen molar-refractivity contribution >= 4 is 30.8 Å². The van der Waals surface area contributed by atoms with E-state index in [9.17, 15) is 30.0 Å². The Bertz CT molecular complexity index is 1050. The van der Waals surface area contributed by atoms with E-state index in [0.29, 0.717) is 21.5 Å². The highest BCUT2D eigenvalue weighted by atomic mass is 32.3. The molecule has 26 heavy (non-hydrogen) atoms. The number of ether oxygens (including phenoxy) is 2. The van der Waals surface area contributed by atoms with Gasteiger partial charge in [0.25, 0.3) is 10.0 Å². The molecule has 1 fully saturated rings. The fourth-order valence-corrected chi connectivity index (χ4v) is 4.57. The van der Waals surface area contributed by atoms with Crippen LogP contribution < -0.4 is 8.86 Å². The van der Waals surface area contributed by atoms with Crippen molar-refractivity contribution in [2.45, 2.75) is 16.5 Å². The van der Waals surface area contributed by atoms with Crippen LogP contribution in [-0.2, 0) is 24.8 Å². The van der Waals surface area contributed by atoms with Gasteiger partial charge in [0.1, 0.15) is 18.5 Å².